The first kappa shape index (κ1) is 13.4. The third kappa shape index (κ3) is 3.24. The van der Waals surface area contributed by atoms with E-state index in [4.69, 9.17) is 4.74 Å². The Morgan fingerprint density at radius 3 is 2.63 bits per heavy atom. The summed E-state index contributed by atoms with van der Waals surface area (Å²) in [6.07, 6.45) is 0.305. The minimum atomic E-state index is -0.483. The van der Waals surface area contributed by atoms with Crippen molar-refractivity contribution in [3.05, 3.63) is 23.8 Å². The predicted octanol–water partition coefficient (Wildman–Crippen LogP) is 1.61. The molecule has 1 saturated heterocycles. The van der Waals surface area contributed by atoms with Crippen LogP contribution in [-0.2, 0) is 9.59 Å². The summed E-state index contributed by atoms with van der Waals surface area (Å²) in [5, 5.41) is 5.36. The SMILES string of the molecule is Cc1cc(OC(C)C)ccc1NC1CC(=O)NC1=O. The van der Waals surface area contributed by atoms with E-state index < -0.39 is 6.04 Å². The zero-order chi connectivity index (χ0) is 14.0. The molecule has 0 aliphatic carbocycles. The van der Waals surface area contributed by atoms with Crippen molar-refractivity contribution in [2.45, 2.75) is 39.3 Å². The van der Waals surface area contributed by atoms with Gasteiger partial charge in [-0.15, -0.1) is 0 Å². The van der Waals surface area contributed by atoms with E-state index in [9.17, 15) is 9.59 Å². The first-order valence-corrected chi connectivity index (χ1v) is 6.33. The molecule has 1 aromatic rings. The van der Waals surface area contributed by atoms with Crippen LogP contribution < -0.4 is 15.4 Å². The second-order valence-corrected chi connectivity index (χ2v) is 4.96. The molecular formula is C14H18N2O3. The smallest absolute Gasteiger partial charge is 0.249 e. The van der Waals surface area contributed by atoms with Crippen molar-refractivity contribution in [1.82, 2.24) is 5.32 Å². The maximum atomic E-state index is 11.5. The van der Waals surface area contributed by atoms with Crippen LogP contribution in [-0.4, -0.2) is 24.0 Å². The first-order chi connectivity index (χ1) is 8.95. The molecule has 0 spiro atoms. The number of hydrogen-bond acceptors (Lipinski definition) is 4. The van der Waals surface area contributed by atoms with Gasteiger partial charge >= 0.3 is 0 Å². The van der Waals surface area contributed by atoms with E-state index in [1.807, 2.05) is 39.0 Å². The van der Waals surface area contributed by atoms with Crippen LogP contribution in [0.2, 0.25) is 0 Å². The Hall–Kier alpha value is -2.04. The van der Waals surface area contributed by atoms with Gasteiger partial charge in [0.15, 0.2) is 0 Å². The molecule has 2 rings (SSSR count). The lowest BCUT2D eigenvalue weighted by Crippen LogP contribution is -2.30. The molecular weight excluding hydrogens is 244 g/mol. The van der Waals surface area contributed by atoms with Gasteiger partial charge in [-0.05, 0) is 44.5 Å². The second-order valence-electron chi connectivity index (χ2n) is 4.96. The summed E-state index contributed by atoms with van der Waals surface area (Å²) in [6.45, 7) is 5.87. The Morgan fingerprint density at radius 1 is 1.37 bits per heavy atom. The molecule has 19 heavy (non-hydrogen) atoms. The van der Waals surface area contributed by atoms with Crippen LogP contribution in [0.25, 0.3) is 0 Å². The summed E-state index contributed by atoms with van der Waals surface area (Å²) in [7, 11) is 0. The normalized spacial score (nSPS) is 18.6. The fraction of sp³-hybridized carbons (Fsp3) is 0.429. The summed E-state index contributed by atoms with van der Waals surface area (Å²) in [5.74, 6) is 0.289. The number of aryl methyl sites for hydroxylation is 1. The van der Waals surface area contributed by atoms with Crippen molar-refractivity contribution >= 4 is 17.5 Å². The van der Waals surface area contributed by atoms with Crippen molar-refractivity contribution in [2.75, 3.05) is 5.32 Å². The van der Waals surface area contributed by atoms with Crippen LogP contribution in [0.15, 0.2) is 18.2 Å². The van der Waals surface area contributed by atoms with Crippen LogP contribution in [0.1, 0.15) is 25.8 Å². The van der Waals surface area contributed by atoms with E-state index in [0.29, 0.717) is 0 Å². The maximum Gasteiger partial charge on any atom is 0.249 e. The van der Waals surface area contributed by atoms with Gasteiger partial charge in [-0.25, -0.2) is 0 Å². The molecule has 1 aliphatic rings. The average molecular weight is 262 g/mol. The molecule has 5 nitrogen and oxygen atoms in total. The van der Waals surface area contributed by atoms with Crippen LogP contribution >= 0.6 is 0 Å². The van der Waals surface area contributed by atoms with E-state index in [1.54, 1.807) is 0 Å². The third-order valence-electron chi connectivity index (χ3n) is 2.87. The standard InChI is InChI=1S/C14H18N2O3/c1-8(2)19-10-4-5-11(9(3)6-10)15-12-7-13(17)16-14(12)18/h4-6,8,12,15H,7H2,1-3H3,(H,16,17,18). The number of carbonyl (C=O) groups excluding carboxylic acids is 2. The summed E-state index contributed by atoms with van der Waals surface area (Å²) < 4.78 is 5.60. The highest BCUT2D eigenvalue weighted by atomic mass is 16.5. The van der Waals surface area contributed by atoms with E-state index in [2.05, 4.69) is 10.6 Å². The van der Waals surface area contributed by atoms with Crippen LogP contribution in [0.3, 0.4) is 0 Å². The van der Waals surface area contributed by atoms with Crippen molar-refractivity contribution in [3.63, 3.8) is 0 Å². The molecule has 1 unspecified atom stereocenters. The van der Waals surface area contributed by atoms with Gasteiger partial charge in [-0.2, -0.15) is 0 Å². The highest BCUT2D eigenvalue weighted by molar-refractivity contribution is 6.06. The maximum absolute atomic E-state index is 11.5. The Balaban J connectivity index is 2.09. The highest BCUT2D eigenvalue weighted by Gasteiger charge is 2.30. The molecule has 1 aromatic carbocycles. The zero-order valence-corrected chi connectivity index (χ0v) is 11.3. The van der Waals surface area contributed by atoms with Gasteiger partial charge in [0.05, 0.1) is 12.5 Å². The second kappa shape index (κ2) is 5.30. The number of hydrogen-bond donors (Lipinski definition) is 2. The number of carbonyl (C=O) groups is 2. The topological polar surface area (TPSA) is 67.4 Å². The van der Waals surface area contributed by atoms with Crippen LogP contribution in [0, 0.1) is 6.92 Å². The molecule has 0 saturated carbocycles. The van der Waals surface area contributed by atoms with Crippen molar-refractivity contribution in [1.29, 1.82) is 0 Å². The molecule has 1 atom stereocenters. The van der Waals surface area contributed by atoms with E-state index in [-0.39, 0.29) is 24.3 Å². The Bertz CT molecular complexity index is 511. The molecule has 1 fully saturated rings. The van der Waals surface area contributed by atoms with Gasteiger partial charge in [0.1, 0.15) is 11.8 Å². The van der Waals surface area contributed by atoms with E-state index >= 15 is 0 Å². The zero-order valence-electron chi connectivity index (χ0n) is 11.3. The molecule has 1 heterocycles. The molecule has 0 radical (unpaired) electrons. The van der Waals surface area contributed by atoms with Gasteiger partial charge in [-0.1, -0.05) is 0 Å². The summed E-state index contributed by atoms with van der Waals surface area (Å²) >= 11 is 0. The third-order valence-corrected chi connectivity index (χ3v) is 2.87. The Kier molecular flexibility index (Phi) is 3.74. The minimum Gasteiger partial charge on any atom is -0.491 e. The number of ether oxygens (including phenoxy) is 1. The molecule has 2 N–H and O–H groups in total. The number of amides is 2. The lowest BCUT2D eigenvalue weighted by Gasteiger charge is -2.15. The molecule has 1 aliphatic heterocycles. The van der Waals surface area contributed by atoms with Crippen molar-refractivity contribution in [2.24, 2.45) is 0 Å². The average Bonchev–Trinajstić information content (AvgIpc) is 2.60. The summed E-state index contributed by atoms with van der Waals surface area (Å²) in [6, 6.07) is 5.15. The van der Waals surface area contributed by atoms with Gasteiger partial charge in [0, 0.05) is 5.69 Å². The monoisotopic (exact) mass is 262 g/mol. The number of benzene rings is 1. The quantitative estimate of drug-likeness (QED) is 0.809. The van der Waals surface area contributed by atoms with Crippen LogP contribution in [0.4, 0.5) is 5.69 Å². The van der Waals surface area contributed by atoms with Gasteiger partial charge in [-0.3, -0.25) is 14.9 Å². The largest absolute Gasteiger partial charge is 0.491 e. The predicted molar refractivity (Wildman–Crippen MR) is 72.1 cm³/mol. The van der Waals surface area contributed by atoms with Gasteiger partial charge in [0.25, 0.3) is 0 Å². The van der Waals surface area contributed by atoms with Crippen LogP contribution in [0.5, 0.6) is 5.75 Å². The van der Waals surface area contributed by atoms with E-state index in [0.717, 1.165) is 17.0 Å². The number of nitrogens with one attached hydrogen (secondary N) is 2. The minimum absolute atomic E-state index is 0.122. The Labute approximate surface area is 112 Å². The molecule has 0 bridgehead atoms. The molecule has 2 amide bonds. The van der Waals surface area contributed by atoms with Crippen molar-refractivity contribution in [3.8, 4) is 5.75 Å². The highest BCUT2D eigenvalue weighted by Crippen LogP contribution is 2.23. The van der Waals surface area contributed by atoms with E-state index in [1.165, 1.54) is 0 Å². The lowest BCUT2D eigenvalue weighted by molar-refractivity contribution is -0.124. The van der Waals surface area contributed by atoms with Crippen molar-refractivity contribution < 1.29 is 14.3 Å². The summed E-state index contributed by atoms with van der Waals surface area (Å²) in [4.78, 5) is 22.6. The summed E-state index contributed by atoms with van der Waals surface area (Å²) in [5.41, 5.74) is 1.82. The lowest BCUT2D eigenvalue weighted by atomic mass is 10.1. The number of anilines is 1. The molecule has 0 aromatic heterocycles. The van der Waals surface area contributed by atoms with Gasteiger partial charge < -0.3 is 10.1 Å². The number of imide groups is 1. The van der Waals surface area contributed by atoms with Gasteiger partial charge in [0.2, 0.25) is 11.8 Å². The fourth-order valence-corrected chi connectivity index (χ4v) is 2.00. The molecule has 5 heteroatoms. The molecule has 102 valence electrons. The first-order valence-electron chi connectivity index (χ1n) is 6.33. The Morgan fingerprint density at radius 2 is 2.11 bits per heavy atom. The fourth-order valence-electron chi connectivity index (χ4n) is 2.00. The number of rotatable bonds is 4.